The third-order valence-corrected chi connectivity index (χ3v) is 1.53. The molecule has 3 N–H and O–H groups in total. The van der Waals surface area contributed by atoms with E-state index in [0.717, 1.165) is 12.1 Å². The molecule has 1 aromatic heterocycles. The van der Waals surface area contributed by atoms with Crippen LogP contribution in [0.15, 0.2) is 12.3 Å². The number of aromatic amines is 1. The number of aromatic nitrogens is 2. The molecule has 72 valence electrons. The molecule has 5 heteroatoms. The third kappa shape index (κ3) is 3.59. The molecule has 0 bridgehead atoms. The van der Waals surface area contributed by atoms with Gasteiger partial charge in [-0.1, -0.05) is 6.92 Å². The maximum atomic E-state index is 11.0. The maximum absolute atomic E-state index is 11.0. The molecule has 1 aromatic rings. The molecule has 1 heterocycles. The van der Waals surface area contributed by atoms with E-state index in [1.807, 2.05) is 13.0 Å². The molecule has 0 saturated heterocycles. The van der Waals surface area contributed by atoms with E-state index in [2.05, 4.69) is 20.8 Å². The zero-order chi connectivity index (χ0) is 9.52. The summed E-state index contributed by atoms with van der Waals surface area (Å²) in [6.07, 6.45) is 2.60. The lowest BCUT2D eigenvalue weighted by Gasteiger charge is -2.04. The van der Waals surface area contributed by atoms with Gasteiger partial charge < -0.3 is 10.6 Å². The number of rotatable bonds is 4. The standard InChI is InChI=1S/C8H14N4O/c1-2-4-9-8(13)10-6-7-3-5-11-12-7/h3,5H,2,4,6H2,1H3,(H,11,12)(H2,9,10,13). The summed E-state index contributed by atoms with van der Waals surface area (Å²) >= 11 is 0. The van der Waals surface area contributed by atoms with Crippen LogP contribution in [0.2, 0.25) is 0 Å². The molecular formula is C8H14N4O. The summed E-state index contributed by atoms with van der Waals surface area (Å²) in [6, 6.07) is 1.68. The van der Waals surface area contributed by atoms with Crippen molar-refractivity contribution in [1.29, 1.82) is 0 Å². The molecular weight excluding hydrogens is 168 g/mol. The quantitative estimate of drug-likeness (QED) is 0.638. The molecule has 0 spiro atoms. The van der Waals surface area contributed by atoms with Gasteiger partial charge in [-0.2, -0.15) is 5.10 Å². The molecule has 0 radical (unpaired) electrons. The molecule has 0 unspecified atom stereocenters. The highest BCUT2D eigenvalue weighted by Gasteiger charge is 1.98. The number of carbonyl (C=O) groups is 1. The topological polar surface area (TPSA) is 69.8 Å². The Morgan fingerprint density at radius 3 is 3.08 bits per heavy atom. The summed E-state index contributed by atoms with van der Waals surface area (Å²) in [7, 11) is 0. The molecule has 0 aliphatic rings. The van der Waals surface area contributed by atoms with Crippen LogP contribution in [0.5, 0.6) is 0 Å². The van der Waals surface area contributed by atoms with Crippen LogP contribution < -0.4 is 10.6 Å². The number of H-pyrrole nitrogens is 1. The molecule has 0 atom stereocenters. The van der Waals surface area contributed by atoms with Gasteiger partial charge in [0.2, 0.25) is 0 Å². The van der Waals surface area contributed by atoms with Gasteiger partial charge in [-0.15, -0.1) is 0 Å². The number of nitrogens with one attached hydrogen (secondary N) is 3. The Morgan fingerprint density at radius 2 is 2.46 bits per heavy atom. The normalized spacial score (nSPS) is 9.62. The monoisotopic (exact) mass is 182 g/mol. The molecule has 0 saturated carbocycles. The summed E-state index contributed by atoms with van der Waals surface area (Å²) in [5.74, 6) is 0. The highest BCUT2D eigenvalue weighted by Crippen LogP contribution is 1.88. The first-order chi connectivity index (χ1) is 6.33. The molecule has 2 amide bonds. The van der Waals surface area contributed by atoms with Crippen molar-refractivity contribution in [3.63, 3.8) is 0 Å². The van der Waals surface area contributed by atoms with Crippen molar-refractivity contribution in [2.45, 2.75) is 19.9 Å². The van der Waals surface area contributed by atoms with E-state index in [9.17, 15) is 4.79 Å². The molecule has 5 nitrogen and oxygen atoms in total. The van der Waals surface area contributed by atoms with Gasteiger partial charge in [-0.3, -0.25) is 5.10 Å². The largest absolute Gasteiger partial charge is 0.338 e. The molecule has 0 aromatic carbocycles. The Bertz CT molecular complexity index is 245. The van der Waals surface area contributed by atoms with Crippen LogP contribution in [0.25, 0.3) is 0 Å². The number of nitrogens with zero attached hydrogens (tertiary/aromatic N) is 1. The second kappa shape index (κ2) is 5.18. The smallest absolute Gasteiger partial charge is 0.315 e. The van der Waals surface area contributed by atoms with Crippen LogP contribution in [0.4, 0.5) is 4.79 Å². The van der Waals surface area contributed by atoms with E-state index in [0.29, 0.717) is 13.1 Å². The zero-order valence-electron chi connectivity index (χ0n) is 7.63. The van der Waals surface area contributed by atoms with Crippen molar-refractivity contribution in [1.82, 2.24) is 20.8 Å². The van der Waals surface area contributed by atoms with Gasteiger partial charge in [0.05, 0.1) is 12.2 Å². The fourth-order valence-corrected chi connectivity index (χ4v) is 0.860. The van der Waals surface area contributed by atoms with E-state index in [1.165, 1.54) is 0 Å². The average molecular weight is 182 g/mol. The van der Waals surface area contributed by atoms with E-state index in [4.69, 9.17) is 0 Å². The van der Waals surface area contributed by atoms with Crippen molar-refractivity contribution in [2.75, 3.05) is 6.54 Å². The van der Waals surface area contributed by atoms with Crippen LogP contribution in [-0.4, -0.2) is 22.8 Å². The van der Waals surface area contributed by atoms with E-state index in [-0.39, 0.29) is 6.03 Å². The fourth-order valence-electron chi connectivity index (χ4n) is 0.860. The third-order valence-electron chi connectivity index (χ3n) is 1.53. The minimum Gasteiger partial charge on any atom is -0.338 e. The molecule has 0 aliphatic carbocycles. The number of carbonyl (C=O) groups excluding carboxylic acids is 1. The predicted octanol–water partition coefficient (Wildman–Crippen LogP) is 0.619. The summed E-state index contributed by atoms with van der Waals surface area (Å²) in [6.45, 7) is 3.19. The van der Waals surface area contributed by atoms with Gasteiger partial charge in [0, 0.05) is 12.7 Å². The van der Waals surface area contributed by atoms with Crippen molar-refractivity contribution < 1.29 is 4.79 Å². The van der Waals surface area contributed by atoms with Crippen molar-refractivity contribution >= 4 is 6.03 Å². The van der Waals surface area contributed by atoms with Crippen LogP contribution in [-0.2, 0) is 6.54 Å². The number of hydrogen-bond donors (Lipinski definition) is 3. The number of urea groups is 1. The summed E-state index contributed by atoms with van der Waals surface area (Å²) < 4.78 is 0. The Morgan fingerprint density at radius 1 is 1.62 bits per heavy atom. The van der Waals surface area contributed by atoms with Gasteiger partial charge >= 0.3 is 6.03 Å². The van der Waals surface area contributed by atoms with E-state index >= 15 is 0 Å². The van der Waals surface area contributed by atoms with Crippen molar-refractivity contribution in [2.24, 2.45) is 0 Å². The summed E-state index contributed by atoms with van der Waals surface area (Å²) in [5, 5.41) is 11.9. The van der Waals surface area contributed by atoms with Crippen LogP contribution in [0.3, 0.4) is 0 Å². The first-order valence-electron chi connectivity index (χ1n) is 4.33. The van der Waals surface area contributed by atoms with E-state index in [1.54, 1.807) is 6.20 Å². The molecule has 0 aliphatic heterocycles. The lowest BCUT2D eigenvalue weighted by molar-refractivity contribution is 0.240. The van der Waals surface area contributed by atoms with Gasteiger partial charge in [0.1, 0.15) is 0 Å². The Hall–Kier alpha value is -1.52. The Balaban J connectivity index is 2.15. The van der Waals surface area contributed by atoms with E-state index < -0.39 is 0 Å². The zero-order valence-corrected chi connectivity index (χ0v) is 7.63. The molecule has 0 fully saturated rings. The second-order valence-electron chi connectivity index (χ2n) is 2.69. The summed E-state index contributed by atoms with van der Waals surface area (Å²) in [5.41, 5.74) is 0.895. The van der Waals surface area contributed by atoms with Crippen LogP contribution >= 0.6 is 0 Å². The average Bonchev–Trinajstić information content (AvgIpc) is 2.64. The first kappa shape index (κ1) is 9.57. The number of hydrogen-bond acceptors (Lipinski definition) is 2. The maximum Gasteiger partial charge on any atom is 0.315 e. The molecule has 13 heavy (non-hydrogen) atoms. The van der Waals surface area contributed by atoms with Crippen molar-refractivity contribution in [3.05, 3.63) is 18.0 Å². The lowest BCUT2D eigenvalue weighted by Crippen LogP contribution is -2.35. The van der Waals surface area contributed by atoms with Crippen molar-refractivity contribution in [3.8, 4) is 0 Å². The molecule has 1 rings (SSSR count). The lowest BCUT2D eigenvalue weighted by atomic mass is 10.4. The Labute approximate surface area is 76.9 Å². The van der Waals surface area contributed by atoms with Gasteiger partial charge in [-0.05, 0) is 12.5 Å². The van der Waals surface area contributed by atoms with Crippen LogP contribution in [0, 0.1) is 0 Å². The minimum absolute atomic E-state index is 0.142. The highest BCUT2D eigenvalue weighted by molar-refractivity contribution is 5.73. The van der Waals surface area contributed by atoms with Gasteiger partial charge in [0.15, 0.2) is 0 Å². The highest BCUT2D eigenvalue weighted by atomic mass is 16.2. The first-order valence-corrected chi connectivity index (χ1v) is 4.33. The van der Waals surface area contributed by atoms with Gasteiger partial charge in [-0.25, -0.2) is 4.79 Å². The SMILES string of the molecule is CCCNC(=O)NCc1ccn[nH]1. The number of amides is 2. The summed E-state index contributed by atoms with van der Waals surface area (Å²) in [4.78, 5) is 11.0. The predicted molar refractivity (Wildman–Crippen MR) is 49.1 cm³/mol. The minimum atomic E-state index is -0.142. The van der Waals surface area contributed by atoms with Crippen LogP contribution in [0.1, 0.15) is 19.0 Å². The van der Waals surface area contributed by atoms with Gasteiger partial charge in [0.25, 0.3) is 0 Å². The Kier molecular flexibility index (Phi) is 3.81. The fraction of sp³-hybridized carbons (Fsp3) is 0.500. The second-order valence-corrected chi connectivity index (χ2v) is 2.69.